The molecule has 3 aromatic rings. The van der Waals surface area contributed by atoms with Gasteiger partial charge in [0.15, 0.2) is 6.61 Å². The van der Waals surface area contributed by atoms with Crippen molar-refractivity contribution in [2.75, 3.05) is 6.61 Å². The second-order valence-corrected chi connectivity index (χ2v) is 6.35. The maximum Gasteiger partial charge on any atom is 0.349 e. The maximum absolute atomic E-state index is 12.1. The number of benzene rings is 3. The Hall–Kier alpha value is -3.07. The zero-order valence-corrected chi connectivity index (χ0v) is 15.0. The van der Waals surface area contributed by atoms with E-state index in [-0.39, 0.29) is 12.5 Å². The number of ether oxygens (including phenoxy) is 2. The van der Waals surface area contributed by atoms with E-state index in [0.29, 0.717) is 11.5 Å². The van der Waals surface area contributed by atoms with E-state index in [1.165, 1.54) is 0 Å². The summed E-state index contributed by atoms with van der Waals surface area (Å²) in [5, 5.41) is 0. The minimum atomic E-state index is -0.412. The molecule has 0 spiro atoms. The normalized spacial score (nSPS) is 10.6. The lowest BCUT2D eigenvalue weighted by molar-refractivity contribution is -0.136. The summed E-state index contributed by atoms with van der Waals surface area (Å²) < 4.78 is 11.0. The maximum atomic E-state index is 12.1. The highest BCUT2D eigenvalue weighted by atomic mass is 16.6. The van der Waals surface area contributed by atoms with Crippen molar-refractivity contribution in [1.29, 1.82) is 0 Å². The highest BCUT2D eigenvalue weighted by molar-refractivity contribution is 5.74. The van der Waals surface area contributed by atoms with Gasteiger partial charge in [-0.3, -0.25) is 0 Å². The second kappa shape index (κ2) is 8.34. The summed E-state index contributed by atoms with van der Waals surface area (Å²) in [6.45, 7) is 4.01. The zero-order valence-electron chi connectivity index (χ0n) is 15.0. The van der Waals surface area contributed by atoms with Crippen LogP contribution in [-0.2, 0) is 4.79 Å². The molecule has 0 aliphatic rings. The van der Waals surface area contributed by atoms with Crippen molar-refractivity contribution in [2.24, 2.45) is 0 Å². The topological polar surface area (TPSA) is 35.5 Å². The molecule has 0 saturated heterocycles. The van der Waals surface area contributed by atoms with Crippen molar-refractivity contribution >= 4 is 5.97 Å². The highest BCUT2D eigenvalue weighted by Crippen LogP contribution is 2.26. The van der Waals surface area contributed by atoms with E-state index in [1.807, 2.05) is 66.7 Å². The average Bonchev–Trinajstić information content (AvgIpc) is 2.68. The summed E-state index contributed by atoms with van der Waals surface area (Å²) in [7, 11) is 0. The Balaban J connectivity index is 1.58. The monoisotopic (exact) mass is 346 g/mol. The van der Waals surface area contributed by atoms with Crippen LogP contribution in [0.2, 0.25) is 0 Å². The minimum absolute atomic E-state index is 0.128. The number of rotatable bonds is 6. The molecule has 0 radical (unpaired) electrons. The largest absolute Gasteiger partial charge is 0.482 e. The fraction of sp³-hybridized carbons (Fsp3) is 0.174. The molecule has 0 N–H and O–H groups in total. The van der Waals surface area contributed by atoms with Crippen LogP contribution in [0.5, 0.6) is 11.5 Å². The third-order valence-corrected chi connectivity index (χ3v) is 4.08. The summed E-state index contributed by atoms with van der Waals surface area (Å²) in [6.07, 6.45) is 0. The van der Waals surface area contributed by atoms with Crippen LogP contribution in [-0.4, -0.2) is 12.6 Å². The zero-order chi connectivity index (χ0) is 18.4. The van der Waals surface area contributed by atoms with Gasteiger partial charge in [-0.1, -0.05) is 74.5 Å². The number of hydrogen-bond acceptors (Lipinski definition) is 3. The molecular formula is C23H22O3. The molecule has 0 saturated carbocycles. The van der Waals surface area contributed by atoms with Crippen molar-refractivity contribution in [2.45, 2.75) is 19.8 Å². The predicted octanol–water partition coefficient (Wildman–Crippen LogP) is 5.46. The Bertz CT molecular complexity index is 852. The smallest absolute Gasteiger partial charge is 0.349 e. The van der Waals surface area contributed by atoms with Crippen molar-refractivity contribution < 1.29 is 14.3 Å². The van der Waals surface area contributed by atoms with Gasteiger partial charge in [-0.05, 0) is 40.8 Å². The molecule has 3 rings (SSSR count). The summed E-state index contributed by atoms with van der Waals surface area (Å²) in [4.78, 5) is 12.1. The SMILES string of the molecule is CC(C)c1ccccc1OC(=O)COc1ccc(-c2ccccc2)cc1. The summed E-state index contributed by atoms with van der Waals surface area (Å²) in [5.74, 6) is 1.10. The van der Waals surface area contributed by atoms with Crippen LogP contribution < -0.4 is 9.47 Å². The van der Waals surface area contributed by atoms with Crippen LogP contribution in [0.3, 0.4) is 0 Å². The van der Waals surface area contributed by atoms with Gasteiger partial charge in [0.05, 0.1) is 0 Å². The van der Waals surface area contributed by atoms with Crippen LogP contribution in [0, 0.1) is 0 Å². The molecule has 132 valence electrons. The van der Waals surface area contributed by atoms with Gasteiger partial charge in [0.1, 0.15) is 11.5 Å². The van der Waals surface area contributed by atoms with E-state index in [0.717, 1.165) is 16.7 Å². The van der Waals surface area contributed by atoms with Gasteiger partial charge in [0, 0.05) is 0 Å². The lowest BCUT2D eigenvalue weighted by Crippen LogP contribution is -2.18. The molecule has 0 amide bonds. The van der Waals surface area contributed by atoms with Crippen LogP contribution in [0.1, 0.15) is 25.3 Å². The van der Waals surface area contributed by atoms with E-state index < -0.39 is 5.97 Å². The first-order valence-corrected chi connectivity index (χ1v) is 8.71. The molecule has 26 heavy (non-hydrogen) atoms. The molecule has 0 bridgehead atoms. The Labute approximate surface area is 154 Å². The molecule has 0 aromatic heterocycles. The minimum Gasteiger partial charge on any atom is -0.482 e. The van der Waals surface area contributed by atoms with Gasteiger partial charge in [0.25, 0.3) is 0 Å². The number of esters is 1. The molecule has 3 aromatic carbocycles. The quantitative estimate of drug-likeness (QED) is 0.439. The number of carbonyl (C=O) groups excluding carboxylic acids is 1. The summed E-state index contributed by atoms with van der Waals surface area (Å²) >= 11 is 0. The Kier molecular flexibility index (Phi) is 5.69. The van der Waals surface area contributed by atoms with Crippen LogP contribution >= 0.6 is 0 Å². The molecule has 0 fully saturated rings. The van der Waals surface area contributed by atoms with E-state index in [1.54, 1.807) is 0 Å². The summed E-state index contributed by atoms with van der Waals surface area (Å²) in [5.41, 5.74) is 3.25. The lowest BCUT2D eigenvalue weighted by Gasteiger charge is -2.13. The molecule has 0 atom stereocenters. The van der Waals surface area contributed by atoms with Crippen molar-refractivity contribution in [1.82, 2.24) is 0 Å². The lowest BCUT2D eigenvalue weighted by atomic mass is 10.0. The standard InChI is InChI=1S/C23H22O3/c1-17(2)21-10-6-7-11-22(21)26-23(24)16-25-20-14-12-19(13-15-20)18-8-4-3-5-9-18/h3-15,17H,16H2,1-2H3. The van der Waals surface area contributed by atoms with Gasteiger partial charge in [-0.25, -0.2) is 4.79 Å². The average molecular weight is 346 g/mol. The first kappa shape index (κ1) is 17.7. The van der Waals surface area contributed by atoms with Crippen LogP contribution in [0.4, 0.5) is 0 Å². The number of hydrogen-bond donors (Lipinski definition) is 0. The van der Waals surface area contributed by atoms with Gasteiger partial charge in [-0.2, -0.15) is 0 Å². The third-order valence-electron chi connectivity index (χ3n) is 4.08. The van der Waals surface area contributed by atoms with E-state index >= 15 is 0 Å². The second-order valence-electron chi connectivity index (χ2n) is 6.35. The fourth-order valence-corrected chi connectivity index (χ4v) is 2.72. The van der Waals surface area contributed by atoms with Crippen molar-refractivity contribution in [3.05, 3.63) is 84.4 Å². The van der Waals surface area contributed by atoms with Crippen molar-refractivity contribution in [3.63, 3.8) is 0 Å². The van der Waals surface area contributed by atoms with E-state index in [9.17, 15) is 4.79 Å². The third kappa shape index (κ3) is 4.51. The number of carbonyl (C=O) groups is 1. The first-order valence-electron chi connectivity index (χ1n) is 8.71. The van der Waals surface area contributed by atoms with Gasteiger partial charge in [0.2, 0.25) is 0 Å². The predicted molar refractivity (Wildman–Crippen MR) is 104 cm³/mol. The first-order chi connectivity index (χ1) is 12.6. The van der Waals surface area contributed by atoms with Gasteiger partial charge < -0.3 is 9.47 Å². The molecule has 0 unspecified atom stereocenters. The molecule has 3 nitrogen and oxygen atoms in total. The van der Waals surface area contributed by atoms with Gasteiger partial charge >= 0.3 is 5.97 Å². The molecule has 3 heteroatoms. The Morgan fingerprint density at radius 2 is 1.42 bits per heavy atom. The molecule has 0 heterocycles. The van der Waals surface area contributed by atoms with Crippen molar-refractivity contribution in [3.8, 4) is 22.6 Å². The molecular weight excluding hydrogens is 324 g/mol. The van der Waals surface area contributed by atoms with E-state index in [2.05, 4.69) is 26.0 Å². The van der Waals surface area contributed by atoms with Crippen LogP contribution in [0.25, 0.3) is 11.1 Å². The number of para-hydroxylation sites is 1. The molecule has 0 aliphatic heterocycles. The Morgan fingerprint density at radius 1 is 0.808 bits per heavy atom. The fourth-order valence-electron chi connectivity index (χ4n) is 2.72. The summed E-state index contributed by atoms with van der Waals surface area (Å²) in [6, 6.07) is 25.4. The Morgan fingerprint density at radius 3 is 2.12 bits per heavy atom. The van der Waals surface area contributed by atoms with Gasteiger partial charge in [-0.15, -0.1) is 0 Å². The van der Waals surface area contributed by atoms with E-state index in [4.69, 9.17) is 9.47 Å². The van der Waals surface area contributed by atoms with Crippen LogP contribution in [0.15, 0.2) is 78.9 Å². The molecule has 0 aliphatic carbocycles. The highest BCUT2D eigenvalue weighted by Gasteiger charge is 2.12.